The van der Waals surface area contributed by atoms with Crippen LogP contribution in [0, 0.1) is 6.92 Å². The Kier molecular flexibility index (Phi) is 5.75. The molecule has 0 aliphatic rings. The van der Waals surface area contributed by atoms with Crippen molar-refractivity contribution in [1.82, 2.24) is 25.1 Å². The van der Waals surface area contributed by atoms with E-state index in [0.29, 0.717) is 5.75 Å². The minimum absolute atomic E-state index is 0.0219. The molecule has 0 aromatic carbocycles. The van der Waals surface area contributed by atoms with Crippen LogP contribution in [0.3, 0.4) is 0 Å². The highest BCUT2D eigenvalue weighted by Crippen LogP contribution is 2.22. The van der Waals surface area contributed by atoms with Crippen molar-refractivity contribution in [2.75, 3.05) is 5.75 Å². The molecule has 2 heterocycles. The smallest absolute Gasteiger partial charge is 0.231 e. The highest BCUT2D eigenvalue weighted by Gasteiger charge is 2.15. The molecule has 2 aromatic heterocycles. The predicted octanol–water partition coefficient (Wildman–Crippen LogP) is 2.42. The van der Waals surface area contributed by atoms with Crippen LogP contribution in [0.2, 0.25) is 0 Å². The Morgan fingerprint density at radius 1 is 1.57 bits per heavy atom. The molecule has 0 bridgehead atoms. The van der Waals surface area contributed by atoms with Crippen LogP contribution in [0.15, 0.2) is 16.0 Å². The fourth-order valence-corrected chi connectivity index (χ4v) is 3.53. The topological polar surface area (TPSA) is 72.7 Å². The van der Waals surface area contributed by atoms with Crippen molar-refractivity contribution in [2.24, 2.45) is 0 Å². The van der Waals surface area contributed by atoms with Gasteiger partial charge < -0.3 is 5.32 Å². The van der Waals surface area contributed by atoms with E-state index in [-0.39, 0.29) is 11.9 Å². The number of hydrogen-bond donors (Lipinski definition) is 1. The molecule has 0 aliphatic heterocycles. The van der Waals surface area contributed by atoms with Gasteiger partial charge in [0.1, 0.15) is 12.2 Å². The largest absolute Gasteiger partial charge is 0.346 e. The van der Waals surface area contributed by atoms with Crippen LogP contribution in [-0.4, -0.2) is 31.4 Å². The first-order valence-electron chi connectivity index (χ1n) is 6.82. The van der Waals surface area contributed by atoms with Crippen molar-refractivity contribution < 1.29 is 4.79 Å². The first-order chi connectivity index (χ1) is 10.1. The van der Waals surface area contributed by atoms with Gasteiger partial charge in [0.25, 0.3) is 0 Å². The molecule has 0 radical (unpaired) electrons. The van der Waals surface area contributed by atoms with Crippen molar-refractivity contribution in [3.8, 4) is 0 Å². The average Bonchev–Trinajstić information content (AvgIpc) is 3.06. The summed E-state index contributed by atoms with van der Waals surface area (Å²) < 4.78 is 2.76. The molecule has 8 heteroatoms. The second kappa shape index (κ2) is 7.56. The molecule has 6 nitrogen and oxygen atoms in total. The quantitative estimate of drug-likeness (QED) is 0.792. The third kappa shape index (κ3) is 4.53. The van der Waals surface area contributed by atoms with Crippen LogP contribution in [0.25, 0.3) is 0 Å². The molecule has 1 amide bonds. The van der Waals surface area contributed by atoms with Crippen LogP contribution in [0.1, 0.15) is 37.8 Å². The molecule has 0 saturated carbocycles. The van der Waals surface area contributed by atoms with Crippen molar-refractivity contribution in [3.05, 3.63) is 23.2 Å². The van der Waals surface area contributed by atoms with Gasteiger partial charge in [0.2, 0.25) is 5.91 Å². The monoisotopic (exact) mass is 325 g/mol. The van der Waals surface area contributed by atoms with Crippen LogP contribution >= 0.6 is 23.1 Å². The van der Waals surface area contributed by atoms with Gasteiger partial charge in [-0.25, -0.2) is 14.6 Å². The second-order valence-corrected chi connectivity index (χ2v) is 6.75. The number of thioether (sulfide) groups is 1. The van der Waals surface area contributed by atoms with E-state index in [1.165, 1.54) is 18.1 Å². The van der Waals surface area contributed by atoms with Gasteiger partial charge in [0.05, 0.1) is 11.8 Å². The highest BCUT2D eigenvalue weighted by molar-refractivity contribution is 8.01. The molecule has 0 spiro atoms. The van der Waals surface area contributed by atoms with E-state index >= 15 is 0 Å². The standard InChI is InChI=1S/C13H19N5OS2/c1-4-5-18-12(14-8-15-18)10(3)17-11(19)7-21-13-16-9(2)6-20-13/h6,8,10H,4-5,7H2,1-3H3,(H,17,19)/t10-/m0/s1. The summed E-state index contributed by atoms with van der Waals surface area (Å²) >= 11 is 3.02. The van der Waals surface area contributed by atoms with Gasteiger partial charge in [-0.05, 0) is 20.3 Å². The van der Waals surface area contributed by atoms with E-state index in [1.54, 1.807) is 11.3 Å². The van der Waals surface area contributed by atoms with Gasteiger partial charge in [-0.3, -0.25) is 4.79 Å². The van der Waals surface area contributed by atoms with Crippen LogP contribution in [0.4, 0.5) is 0 Å². The first kappa shape index (κ1) is 16.0. The Morgan fingerprint density at radius 2 is 2.38 bits per heavy atom. The molecule has 0 unspecified atom stereocenters. The second-order valence-electron chi connectivity index (χ2n) is 4.67. The average molecular weight is 325 g/mol. The summed E-state index contributed by atoms with van der Waals surface area (Å²) in [7, 11) is 0. The Balaban J connectivity index is 1.85. The zero-order valence-corrected chi connectivity index (χ0v) is 14.0. The summed E-state index contributed by atoms with van der Waals surface area (Å²) in [5, 5.41) is 9.11. The third-order valence-corrected chi connectivity index (χ3v) is 4.91. The van der Waals surface area contributed by atoms with Gasteiger partial charge in [0, 0.05) is 17.6 Å². The highest BCUT2D eigenvalue weighted by atomic mass is 32.2. The van der Waals surface area contributed by atoms with Crippen molar-refractivity contribution in [2.45, 2.75) is 44.1 Å². The minimum atomic E-state index is -0.148. The normalized spacial score (nSPS) is 12.3. The van der Waals surface area contributed by atoms with Crippen LogP contribution in [0.5, 0.6) is 0 Å². The molecular weight excluding hydrogens is 306 g/mol. The van der Waals surface area contributed by atoms with Crippen molar-refractivity contribution in [3.63, 3.8) is 0 Å². The molecule has 114 valence electrons. The number of thiazole rings is 1. The van der Waals surface area contributed by atoms with Crippen LogP contribution < -0.4 is 5.32 Å². The molecule has 21 heavy (non-hydrogen) atoms. The summed E-state index contributed by atoms with van der Waals surface area (Å²) in [6, 6.07) is -0.148. The van der Waals surface area contributed by atoms with Gasteiger partial charge >= 0.3 is 0 Å². The number of aryl methyl sites for hydroxylation is 2. The Morgan fingerprint density at radius 3 is 3.05 bits per heavy atom. The molecule has 1 N–H and O–H groups in total. The van der Waals surface area contributed by atoms with E-state index in [2.05, 4.69) is 27.3 Å². The Hall–Kier alpha value is -1.41. The van der Waals surface area contributed by atoms with Crippen molar-refractivity contribution in [1.29, 1.82) is 0 Å². The SMILES string of the molecule is CCCn1ncnc1[C@H](C)NC(=O)CSc1nc(C)cs1. The molecule has 0 fully saturated rings. The van der Waals surface area contributed by atoms with Gasteiger partial charge in [-0.1, -0.05) is 18.7 Å². The Bertz CT molecular complexity index is 595. The maximum atomic E-state index is 12.0. The molecule has 0 aliphatic carbocycles. The molecule has 0 saturated heterocycles. The lowest BCUT2D eigenvalue weighted by Gasteiger charge is -2.14. The zero-order chi connectivity index (χ0) is 15.2. The third-order valence-electron chi connectivity index (χ3n) is 2.77. The molecule has 1 atom stereocenters. The lowest BCUT2D eigenvalue weighted by atomic mass is 10.3. The van der Waals surface area contributed by atoms with E-state index < -0.39 is 0 Å². The summed E-state index contributed by atoms with van der Waals surface area (Å²) in [6.07, 6.45) is 2.51. The van der Waals surface area contributed by atoms with E-state index in [0.717, 1.165) is 28.8 Å². The summed E-state index contributed by atoms with van der Waals surface area (Å²) in [5.74, 6) is 1.13. The lowest BCUT2D eigenvalue weighted by Crippen LogP contribution is -2.30. The fourth-order valence-electron chi connectivity index (χ4n) is 1.87. The lowest BCUT2D eigenvalue weighted by molar-refractivity contribution is -0.119. The van der Waals surface area contributed by atoms with E-state index in [9.17, 15) is 4.79 Å². The van der Waals surface area contributed by atoms with E-state index in [1.807, 2.05) is 23.9 Å². The zero-order valence-electron chi connectivity index (χ0n) is 12.4. The molecule has 2 aromatic rings. The van der Waals surface area contributed by atoms with Crippen molar-refractivity contribution >= 4 is 29.0 Å². The minimum Gasteiger partial charge on any atom is -0.346 e. The summed E-state index contributed by atoms with van der Waals surface area (Å²) in [4.78, 5) is 20.5. The summed E-state index contributed by atoms with van der Waals surface area (Å²) in [5.41, 5.74) is 0.990. The number of rotatable bonds is 7. The van der Waals surface area contributed by atoms with Gasteiger partial charge in [-0.2, -0.15) is 5.10 Å². The number of nitrogens with zero attached hydrogens (tertiary/aromatic N) is 4. The first-order valence-corrected chi connectivity index (χ1v) is 8.68. The number of carbonyl (C=O) groups is 1. The van der Waals surface area contributed by atoms with E-state index in [4.69, 9.17) is 0 Å². The van der Waals surface area contributed by atoms with Gasteiger partial charge in [0.15, 0.2) is 4.34 Å². The Labute approximate surface area is 132 Å². The number of carbonyl (C=O) groups excluding carboxylic acids is 1. The molecular formula is C13H19N5OS2. The number of hydrogen-bond acceptors (Lipinski definition) is 6. The number of aromatic nitrogens is 4. The molecule has 2 rings (SSSR count). The van der Waals surface area contributed by atoms with Gasteiger partial charge in [-0.15, -0.1) is 11.3 Å². The van der Waals surface area contributed by atoms with Crippen LogP contribution in [-0.2, 0) is 11.3 Å². The number of amides is 1. The fraction of sp³-hybridized carbons (Fsp3) is 0.538. The summed E-state index contributed by atoms with van der Waals surface area (Å²) in [6.45, 7) is 6.76. The number of nitrogens with one attached hydrogen (secondary N) is 1. The maximum absolute atomic E-state index is 12.0. The predicted molar refractivity (Wildman–Crippen MR) is 84.4 cm³/mol. The maximum Gasteiger partial charge on any atom is 0.231 e.